The van der Waals surface area contributed by atoms with Crippen LogP contribution in [0.4, 0.5) is 0 Å². The van der Waals surface area contributed by atoms with Crippen molar-refractivity contribution >= 4 is 11.6 Å². The van der Waals surface area contributed by atoms with Gasteiger partial charge in [-0.25, -0.2) is 9.97 Å². The summed E-state index contributed by atoms with van der Waals surface area (Å²) in [6.07, 6.45) is 3.48. The van der Waals surface area contributed by atoms with Crippen LogP contribution in [0.5, 0.6) is 0 Å². The Kier molecular flexibility index (Phi) is 3.49. The quantitative estimate of drug-likeness (QED) is 0.885. The predicted molar refractivity (Wildman–Crippen MR) is 64.4 cm³/mol. The minimum Gasteiger partial charge on any atom is -0.307 e. The van der Waals surface area contributed by atoms with Crippen molar-refractivity contribution in [1.82, 2.24) is 15.3 Å². The van der Waals surface area contributed by atoms with E-state index in [0.717, 1.165) is 16.4 Å². The van der Waals surface area contributed by atoms with E-state index in [1.54, 1.807) is 18.5 Å². The number of halogens is 1. The van der Waals surface area contributed by atoms with Gasteiger partial charge < -0.3 is 5.32 Å². The summed E-state index contributed by atoms with van der Waals surface area (Å²) in [5, 5.41) is 3.92. The second-order valence-electron chi connectivity index (χ2n) is 3.38. The lowest BCUT2D eigenvalue weighted by Gasteiger charge is -2.14. The van der Waals surface area contributed by atoms with Crippen LogP contribution in [0.1, 0.15) is 17.4 Å². The van der Waals surface area contributed by atoms with Crippen molar-refractivity contribution in [3.8, 4) is 0 Å². The summed E-state index contributed by atoms with van der Waals surface area (Å²) in [5.41, 5.74) is 1.10. The molecule has 0 aliphatic rings. The summed E-state index contributed by atoms with van der Waals surface area (Å²) >= 11 is 5.85. The molecule has 1 heterocycles. The summed E-state index contributed by atoms with van der Waals surface area (Å²) in [4.78, 5) is 8.48. The third kappa shape index (κ3) is 2.38. The molecule has 2 aromatic rings. The number of aromatic nitrogens is 2. The predicted octanol–water partition coefficient (Wildman–Crippen LogP) is 2.44. The van der Waals surface area contributed by atoms with E-state index in [-0.39, 0.29) is 6.04 Å². The molecule has 82 valence electrons. The fourth-order valence-corrected chi connectivity index (χ4v) is 1.69. The van der Waals surface area contributed by atoms with Crippen LogP contribution in [0, 0.1) is 0 Å². The van der Waals surface area contributed by atoms with Gasteiger partial charge in [0.05, 0.1) is 6.04 Å². The standard InChI is InChI=1S/C12H12ClN3/c1-14-11(12-15-7-2-8-16-12)9-3-5-10(13)6-4-9/h2-8,11,14H,1H3/t11-/m0/s1. The van der Waals surface area contributed by atoms with Gasteiger partial charge in [-0.3, -0.25) is 0 Å². The fourth-order valence-electron chi connectivity index (χ4n) is 1.56. The van der Waals surface area contributed by atoms with Crippen molar-refractivity contribution in [2.45, 2.75) is 6.04 Å². The van der Waals surface area contributed by atoms with E-state index in [2.05, 4.69) is 15.3 Å². The van der Waals surface area contributed by atoms with Crippen LogP contribution >= 0.6 is 11.6 Å². The molecule has 0 unspecified atom stereocenters. The Bertz CT molecular complexity index is 442. The Morgan fingerprint density at radius 1 is 1.12 bits per heavy atom. The van der Waals surface area contributed by atoms with Gasteiger partial charge in [-0.15, -0.1) is 0 Å². The second-order valence-corrected chi connectivity index (χ2v) is 3.82. The molecule has 1 N–H and O–H groups in total. The summed E-state index contributed by atoms with van der Waals surface area (Å²) in [6, 6.07) is 9.48. The van der Waals surface area contributed by atoms with Crippen molar-refractivity contribution in [1.29, 1.82) is 0 Å². The molecule has 1 aromatic heterocycles. The van der Waals surface area contributed by atoms with Gasteiger partial charge in [0.15, 0.2) is 0 Å². The van der Waals surface area contributed by atoms with Crippen LogP contribution in [0.3, 0.4) is 0 Å². The molecular weight excluding hydrogens is 222 g/mol. The SMILES string of the molecule is CN[C@@H](c1ccc(Cl)cc1)c1ncccn1. The first kappa shape index (κ1) is 11.0. The highest BCUT2D eigenvalue weighted by Gasteiger charge is 2.13. The molecule has 0 saturated carbocycles. The van der Waals surface area contributed by atoms with Gasteiger partial charge in [0, 0.05) is 17.4 Å². The minimum absolute atomic E-state index is 0.00142. The highest BCUT2D eigenvalue weighted by Crippen LogP contribution is 2.19. The molecule has 3 nitrogen and oxygen atoms in total. The third-order valence-corrected chi connectivity index (χ3v) is 2.59. The zero-order chi connectivity index (χ0) is 11.4. The number of hydrogen-bond acceptors (Lipinski definition) is 3. The zero-order valence-electron chi connectivity index (χ0n) is 8.89. The van der Waals surface area contributed by atoms with Crippen molar-refractivity contribution < 1.29 is 0 Å². The summed E-state index contributed by atoms with van der Waals surface area (Å²) in [6.45, 7) is 0. The fraction of sp³-hybridized carbons (Fsp3) is 0.167. The average Bonchev–Trinajstić information content (AvgIpc) is 2.34. The Balaban J connectivity index is 2.33. The Morgan fingerprint density at radius 3 is 2.31 bits per heavy atom. The maximum Gasteiger partial charge on any atom is 0.149 e. The Hall–Kier alpha value is -1.45. The number of nitrogens with one attached hydrogen (secondary N) is 1. The zero-order valence-corrected chi connectivity index (χ0v) is 9.65. The van der Waals surface area contributed by atoms with E-state index < -0.39 is 0 Å². The minimum atomic E-state index is -0.00142. The molecule has 1 atom stereocenters. The van der Waals surface area contributed by atoms with Gasteiger partial charge in [0.25, 0.3) is 0 Å². The monoisotopic (exact) mass is 233 g/mol. The first-order valence-electron chi connectivity index (χ1n) is 5.01. The molecule has 0 spiro atoms. The lowest BCUT2D eigenvalue weighted by molar-refractivity contribution is 0.646. The normalized spacial score (nSPS) is 12.4. The summed E-state index contributed by atoms with van der Waals surface area (Å²) in [5.74, 6) is 0.757. The largest absolute Gasteiger partial charge is 0.307 e. The van der Waals surface area contributed by atoms with Crippen LogP contribution in [-0.4, -0.2) is 17.0 Å². The van der Waals surface area contributed by atoms with Crippen molar-refractivity contribution in [3.63, 3.8) is 0 Å². The smallest absolute Gasteiger partial charge is 0.149 e. The van der Waals surface area contributed by atoms with Crippen LogP contribution < -0.4 is 5.32 Å². The first-order valence-corrected chi connectivity index (χ1v) is 5.38. The van der Waals surface area contributed by atoms with Crippen molar-refractivity contribution in [3.05, 3.63) is 59.1 Å². The molecule has 0 bridgehead atoms. The molecule has 0 aliphatic carbocycles. The molecule has 0 amide bonds. The van der Waals surface area contributed by atoms with Gasteiger partial charge in [-0.1, -0.05) is 23.7 Å². The van der Waals surface area contributed by atoms with Gasteiger partial charge in [0.2, 0.25) is 0 Å². The molecule has 0 radical (unpaired) electrons. The van der Waals surface area contributed by atoms with E-state index in [1.165, 1.54) is 0 Å². The van der Waals surface area contributed by atoms with Gasteiger partial charge >= 0.3 is 0 Å². The average molecular weight is 234 g/mol. The van der Waals surface area contributed by atoms with Gasteiger partial charge in [0.1, 0.15) is 5.82 Å². The molecule has 1 aromatic carbocycles. The number of rotatable bonds is 3. The van der Waals surface area contributed by atoms with Crippen LogP contribution in [-0.2, 0) is 0 Å². The molecule has 0 fully saturated rings. The van der Waals surface area contributed by atoms with Gasteiger partial charge in [-0.2, -0.15) is 0 Å². The van der Waals surface area contributed by atoms with Gasteiger partial charge in [-0.05, 0) is 30.8 Å². The first-order chi connectivity index (χ1) is 7.81. The molecule has 0 saturated heterocycles. The highest BCUT2D eigenvalue weighted by molar-refractivity contribution is 6.30. The van der Waals surface area contributed by atoms with Crippen molar-refractivity contribution in [2.75, 3.05) is 7.05 Å². The number of benzene rings is 1. The molecule has 4 heteroatoms. The lowest BCUT2D eigenvalue weighted by atomic mass is 10.1. The number of hydrogen-bond donors (Lipinski definition) is 1. The molecule has 2 rings (SSSR count). The topological polar surface area (TPSA) is 37.8 Å². The maximum absolute atomic E-state index is 5.85. The second kappa shape index (κ2) is 5.05. The molecular formula is C12H12ClN3. The third-order valence-electron chi connectivity index (χ3n) is 2.34. The van der Waals surface area contributed by atoms with E-state index in [4.69, 9.17) is 11.6 Å². The lowest BCUT2D eigenvalue weighted by Crippen LogP contribution is -2.19. The summed E-state index contributed by atoms with van der Waals surface area (Å²) < 4.78 is 0. The van der Waals surface area contributed by atoms with Crippen molar-refractivity contribution in [2.24, 2.45) is 0 Å². The van der Waals surface area contributed by atoms with E-state index in [0.29, 0.717) is 0 Å². The van der Waals surface area contributed by atoms with Crippen LogP contribution in [0.2, 0.25) is 5.02 Å². The van der Waals surface area contributed by atoms with Crippen LogP contribution in [0.15, 0.2) is 42.7 Å². The molecule has 0 aliphatic heterocycles. The maximum atomic E-state index is 5.85. The van der Waals surface area contributed by atoms with E-state index in [1.807, 2.05) is 31.3 Å². The highest BCUT2D eigenvalue weighted by atomic mass is 35.5. The summed E-state index contributed by atoms with van der Waals surface area (Å²) in [7, 11) is 1.88. The van der Waals surface area contributed by atoms with Crippen LogP contribution in [0.25, 0.3) is 0 Å². The Morgan fingerprint density at radius 2 is 1.75 bits per heavy atom. The molecule has 16 heavy (non-hydrogen) atoms. The Labute approximate surface area is 99.5 Å². The van der Waals surface area contributed by atoms with E-state index >= 15 is 0 Å². The van der Waals surface area contributed by atoms with E-state index in [9.17, 15) is 0 Å². The number of nitrogens with zero attached hydrogens (tertiary/aromatic N) is 2.